The Bertz CT molecular complexity index is 1010. The zero-order chi connectivity index (χ0) is 30.9. The van der Waals surface area contributed by atoms with Crippen molar-refractivity contribution in [3.05, 3.63) is 65.7 Å². The van der Waals surface area contributed by atoms with Crippen LogP contribution in [0.1, 0.15) is 76.3 Å². The summed E-state index contributed by atoms with van der Waals surface area (Å²) in [4.78, 5) is 12.0. The van der Waals surface area contributed by atoms with Gasteiger partial charge in [-0.1, -0.05) is 62.7 Å². The fourth-order valence-corrected chi connectivity index (χ4v) is 5.74. The van der Waals surface area contributed by atoms with Crippen molar-refractivity contribution in [1.29, 1.82) is 0 Å². The van der Waals surface area contributed by atoms with Gasteiger partial charge in [-0.05, 0) is 61.3 Å². The van der Waals surface area contributed by atoms with Gasteiger partial charge in [0.1, 0.15) is 12.5 Å². The molecule has 1 aliphatic heterocycles. The molecule has 0 saturated carbocycles. The molecule has 0 unspecified atom stereocenters. The molecule has 0 aliphatic carbocycles. The zero-order valence-corrected chi connectivity index (χ0v) is 26.7. The summed E-state index contributed by atoms with van der Waals surface area (Å²) in [7, 11) is 4.87. The molecule has 0 amide bonds. The lowest BCUT2D eigenvalue weighted by Gasteiger charge is -2.36. The fraction of sp³-hybridized carbons (Fsp3) is 0.629. The standard InChI is InChI=1S/C35H52O8/c1-6-10-30(41-24-28-13-15-29(37-3)16-14-28)19-31(38-4)17-26(2)18-33-20-32(21-34(43-33)22-35(36)39-5)42-25-40-23-27-11-8-7-9-12-27/h7-9,11-16,26,30-34H,6,10,17-25H2,1-5H3/t26-,30-,31-,32-,33+,34+/m0/s1. The fourth-order valence-electron chi connectivity index (χ4n) is 5.74. The second-order valence-corrected chi connectivity index (χ2v) is 11.6. The van der Waals surface area contributed by atoms with Gasteiger partial charge < -0.3 is 33.2 Å². The number of esters is 1. The largest absolute Gasteiger partial charge is 0.497 e. The SMILES string of the molecule is CCC[C@@H](C[C@H](C[C@H](C)C[C@@H]1C[C@H](OCOCc2ccccc2)C[C@H](CC(=O)OC)O1)OC)OCc1ccc(OC)cc1. The average Bonchev–Trinajstić information content (AvgIpc) is 3.02. The second kappa shape index (κ2) is 19.7. The minimum atomic E-state index is -0.270. The lowest BCUT2D eigenvalue weighted by atomic mass is 9.89. The van der Waals surface area contributed by atoms with Crippen LogP contribution in [-0.4, -0.2) is 64.6 Å². The minimum Gasteiger partial charge on any atom is -0.497 e. The van der Waals surface area contributed by atoms with Gasteiger partial charge in [0.15, 0.2) is 0 Å². The third kappa shape index (κ3) is 13.4. The first-order valence-electron chi connectivity index (χ1n) is 15.6. The number of benzene rings is 2. The third-order valence-corrected chi connectivity index (χ3v) is 8.00. The summed E-state index contributed by atoms with van der Waals surface area (Å²) in [5.74, 6) is 0.926. The van der Waals surface area contributed by atoms with E-state index in [1.165, 1.54) is 7.11 Å². The first-order chi connectivity index (χ1) is 20.9. The quantitative estimate of drug-likeness (QED) is 0.0925. The monoisotopic (exact) mass is 600 g/mol. The van der Waals surface area contributed by atoms with Gasteiger partial charge in [0.05, 0.1) is 64.4 Å². The van der Waals surface area contributed by atoms with Crippen LogP contribution < -0.4 is 4.74 Å². The van der Waals surface area contributed by atoms with Gasteiger partial charge in [-0.15, -0.1) is 0 Å². The molecule has 8 nitrogen and oxygen atoms in total. The number of methoxy groups -OCH3 is 3. The summed E-state index contributed by atoms with van der Waals surface area (Å²) >= 11 is 0. The smallest absolute Gasteiger partial charge is 0.308 e. The third-order valence-electron chi connectivity index (χ3n) is 8.00. The number of hydrogen-bond donors (Lipinski definition) is 0. The molecule has 3 rings (SSSR count). The highest BCUT2D eigenvalue weighted by Crippen LogP contribution is 2.30. The van der Waals surface area contributed by atoms with E-state index in [1.54, 1.807) is 14.2 Å². The van der Waals surface area contributed by atoms with Gasteiger partial charge in [-0.3, -0.25) is 4.79 Å². The Balaban J connectivity index is 1.49. The van der Waals surface area contributed by atoms with Crippen molar-refractivity contribution >= 4 is 5.97 Å². The summed E-state index contributed by atoms with van der Waals surface area (Å²) in [5.41, 5.74) is 2.23. The normalized spacial score (nSPS) is 20.7. The Morgan fingerprint density at radius 1 is 0.907 bits per heavy atom. The first-order valence-corrected chi connectivity index (χ1v) is 15.6. The van der Waals surface area contributed by atoms with E-state index >= 15 is 0 Å². The van der Waals surface area contributed by atoms with Gasteiger partial charge in [-0.2, -0.15) is 0 Å². The van der Waals surface area contributed by atoms with Crippen LogP contribution in [0.5, 0.6) is 5.75 Å². The number of carbonyl (C=O) groups excluding carboxylic acids is 1. The molecule has 1 fully saturated rings. The number of carbonyl (C=O) groups is 1. The van der Waals surface area contributed by atoms with Crippen LogP contribution in [0.2, 0.25) is 0 Å². The molecule has 1 saturated heterocycles. The molecular weight excluding hydrogens is 548 g/mol. The van der Waals surface area contributed by atoms with Crippen molar-refractivity contribution in [3.63, 3.8) is 0 Å². The molecule has 0 radical (unpaired) electrons. The predicted octanol–water partition coefficient (Wildman–Crippen LogP) is 6.87. The van der Waals surface area contributed by atoms with E-state index in [1.807, 2.05) is 54.6 Å². The highest BCUT2D eigenvalue weighted by molar-refractivity contribution is 5.69. The Labute approximate surface area is 258 Å². The molecule has 0 spiro atoms. The van der Waals surface area contributed by atoms with Crippen molar-refractivity contribution in [1.82, 2.24) is 0 Å². The molecular formula is C35H52O8. The highest BCUT2D eigenvalue weighted by atomic mass is 16.7. The van der Waals surface area contributed by atoms with Crippen molar-refractivity contribution < 1.29 is 38.0 Å². The summed E-state index contributed by atoms with van der Waals surface area (Å²) in [6, 6.07) is 18.0. The van der Waals surface area contributed by atoms with Crippen LogP contribution in [-0.2, 0) is 46.4 Å². The molecule has 1 aliphatic rings. The first kappa shape index (κ1) is 35.0. The van der Waals surface area contributed by atoms with E-state index < -0.39 is 0 Å². The molecule has 2 aromatic rings. The Hall–Kier alpha value is -2.49. The average molecular weight is 601 g/mol. The van der Waals surface area contributed by atoms with E-state index in [4.69, 9.17) is 33.2 Å². The number of rotatable bonds is 20. The maximum Gasteiger partial charge on any atom is 0.308 e. The Kier molecular flexibility index (Phi) is 16.0. The molecule has 43 heavy (non-hydrogen) atoms. The number of hydrogen-bond acceptors (Lipinski definition) is 8. The van der Waals surface area contributed by atoms with Crippen molar-refractivity contribution in [2.24, 2.45) is 5.92 Å². The summed E-state index contributed by atoms with van der Waals surface area (Å²) in [6.07, 6.45) is 6.13. The van der Waals surface area contributed by atoms with Crippen molar-refractivity contribution in [2.45, 2.75) is 109 Å². The molecule has 240 valence electrons. The van der Waals surface area contributed by atoms with Crippen LogP contribution >= 0.6 is 0 Å². The van der Waals surface area contributed by atoms with E-state index in [2.05, 4.69) is 13.8 Å². The van der Waals surface area contributed by atoms with Crippen LogP contribution in [0, 0.1) is 5.92 Å². The van der Waals surface area contributed by atoms with Gasteiger partial charge in [0, 0.05) is 13.5 Å². The molecule has 0 aromatic heterocycles. The molecule has 1 heterocycles. The maximum absolute atomic E-state index is 12.0. The molecule has 0 bridgehead atoms. The Morgan fingerprint density at radius 3 is 2.30 bits per heavy atom. The van der Waals surface area contributed by atoms with Crippen LogP contribution in [0.25, 0.3) is 0 Å². The lowest BCUT2D eigenvalue weighted by Crippen LogP contribution is -2.39. The second-order valence-electron chi connectivity index (χ2n) is 11.6. The lowest BCUT2D eigenvalue weighted by molar-refractivity contribution is -0.169. The summed E-state index contributed by atoms with van der Waals surface area (Å²) in [5, 5.41) is 0. The van der Waals surface area contributed by atoms with E-state index in [0.717, 1.165) is 55.4 Å². The highest BCUT2D eigenvalue weighted by Gasteiger charge is 2.33. The van der Waals surface area contributed by atoms with E-state index in [9.17, 15) is 4.79 Å². The van der Waals surface area contributed by atoms with Crippen molar-refractivity contribution in [2.75, 3.05) is 28.1 Å². The molecule has 8 heteroatoms. The molecule has 6 atom stereocenters. The summed E-state index contributed by atoms with van der Waals surface area (Å²) < 4.78 is 40.7. The van der Waals surface area contributed by atoms with Crippen LogP contribution in [0.3, 0.4) is 0 Å². The summed E-state index contributed by atoms with van der Waals surface area (Å²) in [6.45, 7) is 5.69. The predicted molar refractivity (Wildman–Crippen MR) is 166 cm³/mol. The van der Waals surface area contributed by atoms with Gasteiger partial charge in [0.25, 0.3) is 0 Å². The van der Waals surface area contributed by atoms with Gasteiger partial charge in [-0.25, -0.2) is 0 Å². The Morgan fingerprint density at radius 2 is 1.63 bits per heavy atom. The van der Waals surface area contributed by atoms with E-state index in [-0.39, 0.29) is 49.7 Å². The van der Waals surface area contributed by atoms with Gasteiger partial charge in [0.2, 0.25) is 0 Å². The maximum atomic E-state index is 12.0. The molecule has 0 N–H and O–H groups in total. The van der Waals surface area contributed by atoms with Crippen LogP contribution in [0.4, 0.5) is 0 Å². The van der Waals surface area contributed by atoms with Crippen molar-refractivity contribution in [3.8, 4) is 5.75 Å². The topological polar surface area (TPSA) is 81.7 Å². The zero-order valence-electron chi connectivity index (χ0n) is 26.7. The number of ether oxygens (including phenoxy) is 7. The van der Waals surface area contributed by atoms with E-state index in [0.29, 0.717) is 25.6 Å². The minimum absolute atomic E-state index is 0.0206. The van der Waals surface area contributed by atoms with Gasteiger partial charge >= 0.3 is 5.97 Å². The van der Waals surface area contributed by atoms with Crippen LogP contribution in [0.15, 0.2) is 54.6 Å². The molecule has 2 aromatic carbocycles.